The van der Waals surface area contributed by atoms with E-state index >= 15 is 0 Å². The Morgan fingerprint density at radius 1 is 1.35 bits per heavy atom. The summed E-state index contributed by atoms with van der Waals surface area (Å²) in [4.78, 5) is 16.3. The summed E-state index contributed by atoms with van der Waals surface area (Å²) in [5.41, 5.74) is -0.194. The highest BCUT2D eigenvalue weighted by Gasteiger charge is 2.33. The van der Waals surface area contributed by atoms with E-state index in [2.05, 4.69) is 4.90 Å². The minimum absolute atomic E-state index is 0.0135. The molecule has 1 heterocycles. The van der Waals surface area contributed by atoms with Crippen LogP contribution in [0.15, 0.2) is 18.2 Å². The predicted octanol–water partition coefficient (Wildman–Crippen LogP) is 2.15. The van der Waals surface area contributed by atoms with Gasteiger partial charge in [0.15, 0.2) is 0 Å². The molecular formula is C16H21F3N2O2. The van der Waals surface area contributed by atoms with Crippen LogP contribution in [0.3, 0.4) is 0 Å². The summed E-state index contributed by atoms with van der Waals surface area (Å²) >= 11 is 0. The van der Waals surface area contributed by atoms with E-state index < -0.39 is 11.7 Å². The summed E-state index contributed by atoms with van der Waals surface area (Å²) in [6.45, 7) is 3.15. The number of hydrogen-bond acceptors (Lipinski definition) is 3. The molecule has 1 aromatic rings. The molecule has 0 unspecified atom stereocenters. The lowest BCUT2D eigenvalue weighted by atomic mass is 10.0. The van der Waals surface area contributed by atoms with E-state index in [1.165, 1.54) is 6.07 Å². The smallest absolute Gasteiger partial charge is 0.396 e. The van der Waals surface area contributed by atoms with E-state index in [0.29, 0.717) is 31.6 Å². The molecule has 1 saturated heterocycles. The third-order valence-corrected chi connectivity index (χ3v) is 4.32. The maximum atomic E-state index is 12.9. The van der Waals surface area contributed by atoms with Gasteiger partial charge in [-0.2, -0.15) is 13.2 Å². The van der Waals surface area contributed by atoms with Gasteiger partial charge in [0.1, 0.15) is 0 Å². The van der Waals surface area contributed by atoms with Crippen LogP contribution in [-0.4, -0.2) is 60.1 Å². The van der Waals surface area contributed by atoms with Gasteiger partial charge in [0.2, 0.25) is 0 Å². The van der Waals surface area contributed by atoms with Crippen molar-refractivity contribution in [1.29, 1.82) is 0 Å². The monoisotopic (exact) mass is 330 g/mol. The van der Waals surface area contributed by atoms with Crippen molar-refractivity contribution in [2.75, 3.05) is 33.3 Å². The van der Waals surface area contributed by atoms with Crippen molar-refractivity contribution in [3.8, 4) is 0 Å². The maximum absolute atomic E-state index is 12.9. The molecule has 1 atom stereocenters. The molecule has 1 aliphatic heterocycles. The number of aryl methyl sites for hydroxylation is 1. The zero-order valence-corrected chi connectivity index (χ0v) is 13.2. The molecule has 1 N–H and O–H groups in total. The molecule has 1 aromatic carbocycles. The van der Waals surface area contributed by atoms with Crippen molar-refractivity contribution in [3.63, 3.8) is 0 Å². The molecule has 23 heavy (non-hydrogen) atoms. The third-order valence-electron chi connectivity index (χ3n) is 4.32. The van der Waals surface area contributed by atoms with Crippen LogP contribution in [0.4, 0.5) is 13.2 Å². The second-order valence-electron chi connectivity index (χ2n) is 5.93. The number of halogens is 3. The van der Waals surface area contributed by atoms with Gasteiger partial charge in [-0.25, -0.2) is 0 Å². The molecule has 128 valence electrons. The predicted molar refractivity (Wildman–Crippen MR) is 80.2 cm³/mol. The first-order valence-corrected chi connectivity index (χ1v) is 7.52. The van der Waals surface area contributed by atoms with Gasteiger partial charge in [-0.1, -0.05) is 6.07 Å². The normalized spacial score (nSPS) is 19.9. The van der Waals surface area contributed by atoms with Crippen LogP contribution in [0.1, 0.15) is 27.9 Å². The number of piperazine rings is 1. The van der Waals surface area contributed by atoms with Crippen LogP contribution in [0.25, 0.3) is 0 Å². The van der Waals surface area contributed by atoms with Crippen molar-refractivity contribution in [1.82, 2.24) is 9.80 Å². The molecule has 0 aromatic heterocycles. The van der Waals surface area contributed by atoms with Gasteiger partial charge < -0.3 is 10.0 Å². The Morgan fingerprint density at radius 2 is 2.04 bits per heavy atom. The zero-order chi connectivity index (χ0) is 17.2. The van der Waals surface area contributed by atoms with E-state index in [1.807, 2.05) is 7.05 Å². The molecule has 0 aliphatic carbocycles. The highest BCUT2D eigenvalue weighted by atomic mass is 19.4. The lowest BCUT2D eigenvalue weighted by molar-refractivity contribution is -0.137. The summed E-state index contributed by atoms with van der Waals surface area (Å²) in [5, 5.41) is 9.09. The molecular weight excluding hydrogens is 309 g/mol. The Labute approximate surface area is 133 Å². The average molecular weight is 330 g/mol. The molecule has 0 bridgehead atoms. The topological polar surface area (TPSA) is 43.8 Å². The van der Waals surface area contributed by atoms with Crippen molar-refractivity contribution in [2.24, 2.45) is 0 Å². The Morgan fingerprint density at radius 3 is 2.65 bits per heavy atom. The number of nitrogens with zero attached hydrogens (tertiary/aromatic N) is 2. The number of carbonyl (C=O) groups excluding carboxylic acids is 1. The summed E-state index contributed by atoms with van der Waals surface area (Å²) in [6.07, 6.45) is -3.94. The molecule has 0 saturated carbocycles. The molecule has 1 aliphatic rings. The molecule has 1 fully saturated rings. The van der Waals surface area contributed by atoms with Crippen LogP contribution in [0.2, 0.25) is 0 Å². The first-order chi connectivity index (χ1) is 10.7. The minimum Gasteiger partial charge on any atom is -0.396 e. The van der Waals surface area contributed by atoms with Gasteiger partial charge in [-0.15, -0.1) is 0 Å². The minimum atomic E-state index is -4.47. The fourth-order valence-corrected chi connectivity index (χ4v) is 2.79. The van der Waals surface area contributed by atoms with Gasteiger partial charge >= 0.3 is 6.18 Å². The summed E-state index contributed by atoms with van der Waals surface area (Å²) in [6, 6.07) is 3.27. The van der Waals surface area contributed by atoms with Gasteiger partial charge in [-0.3, -0.25) is 9.69 Å². The molecule has 0 spiro atoms. The molecule has 0 radical (unpaired) electrons. The fraction of sp³-hybridized carbons (Fsp3) is 0.562. The first kappa shape index (κ1) is 17.7. The number of benzene rings is 1. The lowest BCUT2D eigenvalue weighted by Crippen LogP contribution is -2.53. The number of aliphatic hydroxyl groups is 1. The number of aliphatic hydroxyl groups excluding tert-OH is 1. The molecule has 1 amide bonds. The summed E-state index contributed by atoms with van der Waals surface area (Å²) in [5.74, 6) is -0.385. The SMILES string of the molecule is Cc1ccc(C(F)(F)F)cc1C(=O)N1CCN(C)[C@H](CCO)C1. The van der Waals surface area contributed by atoms with Gasteiger partial charge in [0.05, 0.1) is 5.56 Å². The fourth-order valence-electron chi connectivity index (χ4n) is 2.79. The number of likely N-dealkylation sites (N-methyl/N-ethyl adjacent to an activating group) is 1. The Hall–Kier alpha value is -1.60. The van der Waals surface area contributed by atoms with Crippen LogP contribution >= 0.6 is 0 Å². The Kier molecular flexibility index (Phi) is 5.31. The number of amides is 1. The van der Waals surface area contributed by atoms with E-state index in [-0.39, 0.29) is 24.1 Å². The largest absolute Gasteiger partial charge is 0.416 e. The zero-order valence-electron chi connectivity index (χ0n) is 13.2. The van der Waals surface area contributed by atoms with Crippen LogP contribution < -0.4 is 0 Å². The highest BCUT2D eigenvalue weighted by Crippen LogP contribution is 2.31. The quantitative estimate of drug-likeness (QED) is 0.924. The van der Waals surface area contributed by atoms with Gasteiger partial charge in [0.25, 0.3) is 5.91 Å². The molecule has 7 heteroatoms. The van der Waals surface area contributed by atoms with E-state index in [1.54, 1.807) is 11.8 Å². The van der Waals surface area contributed by atoms with Gasteiger partial charge in [0, 0.05) is 37.8 Å². The third kappa shape index (κ3) is 4.03. The van der Waals surface area contributed by atoms with Crippen molar-refractivity contribution >= 4 is 5.91 Å². The molecule has 2 rings (SSSR count). The first-order valence-electron chi connectivity index (χ1n) is 7.52. The van der Waals surface area contributed by atoms with Crippen LogP contribution in [-0.2, 0) is 6.18 Å². The second-order valence-corrected chi connectivity index (χ2v) is 5.93. The van der Waals surface area contributed by atoms with E-state index in [4.69, 9.17) is 5.11 Å². The standard InChI is InChI=1S/C16H21F3N2O2/c1-11-3-4-12(16(17,18)19)9-14(11)15(23)21-7-6-20(2)13(10-21)5-8-22/h3-4,9,13,22H,5-8,10H2,1-2H3/t13-/m1/s1. The Bertz CT molecular complexity index is 575. The lowest BCUT2D eigenvalue weighted by Gasteiger charge is -2.39. The summed E-state index contributed by atoms with van der Waals surface area (Å²) < 4.78 is 38.6. The van der Waals surface area contributed by atoms with E-state index in [0.717, 1.165) is 12.1 Å². The second kappa shape index (κ2) is 6.88. The maximum Gasteiger partial charge on any atom is 0.416 e. The Balaban J connectivity index is 2.23. The van der Waals surface area contributed by atoms with Gasteiger partial charge in [-0.05, 0) is 38.1 Å². The van der Waals surface area contributed by atoms with Crippen molar-refractivity contribution in [2.45, 2.75) is 25.6 Å². The number of alkyl halides is 3. The van der Waals surface area contributed by atoms with Crippen LogP contribution in [0.5, 0.6) is 0 Å². The number of carbonyl (C=O) groups is 1. The highest BCUT2D eigenvalue weighted by molar-refractivity contribution is 5.96. The number of rotatable bonds is 3. The van der Waals surface area contributed by atoms with E-state index in [9.17, 15) is 18.0 Å². The van der Waals surface area contributed by atoms with Crippen molar-refractivity contribution in [3.05, 3.63) is 34.9 Å². The van der Waals surface area contributed by atoms with Crippen LogP contribution in [0, 0.1) is 6.92 Å². The summed E-state index contributed by atoms with van der Waals surface area (Å²) in [7, 11) is 1.91. The van der Waals surface area contributed by atoms with Crippen molar-refractivity contribution < 1.29 is 23.1 Å². The molecule has 4 nitrogen and oxygen atoms in total. The average Bonchev–Trinajstić information content (AvgIpc) is 2.48. The number of hydrogen-bond donors (Lipinski definition) is 1.